The molecule has 0 bridgehead atoms. The Bertz CT molecular complexity index is 586. The molecular formula is C16H21N3. The van der Waals surface area contributed by atoms with Crippen molar-refractivity contribution in [2.75, 3.05) is 0 Å². The molecule has 0 spiro atoms. The van der Waals surface area contributed by atoms with E-state index in [-0.39, 0.29) is 5.54 Å². The summed E-state index contributed by atoms with van der Waals surface area (Å²) in [6.45, 7) is 6.31. The van der Waals surface area contributed by atoms with Crippen molar-refractivity contribution in [2.45, 2.75) is 39.2 Å². The Labute approximate surface area is 114 Å². The van der Waals surface area contributed by atoms with Crippen molar-refractivity contribution in [1.82, 2.24) is 9.97 Å². The highest BCUT2D eigenvalue weighted by molar-refractivity contribution is 5.61. The van der Waals surface area contributed by atoms with Crippen LogP contribution < -0.4 is 5.73 Å². The lowest BCUT2D eigenvalue weighted by atomic mass is 9.96. The van der Waals surface area contributed by atoms with E-state index in [9.17, 15) is 0 Å². The molecule has 0 amide bonds. The van der Waals surface area contributed by atoms with E-state index in [0.717, 1.165) is 11.5 Å². The molecule has 0 aliphatic heterocycles. The van der Waals surface area contributed by atoms with Crippen LogP contribution in [0.2, 0.25) is 0 Å². The number of nitrogens with one attached hydrogen (secondary N) is 1. The van der Waals surface area contributed by atoms with Crippen LogP contribution in [-0.4, -0.2) is 9.97 Å². The molecule has 1 aliphatic rings. The van der Waals surface area contributed by atoms with Gasteiger partial charge in [-0.3, -0.25) is 0 Å². The maximum atomic E-state index is 6.40. The third-order valence-electron chi connectivity index (χ3n) is 4.04. The average Bonchev–Trinajstić information content (AvgIpc) is 3.06. The van der Waals surface area contributed by atoms with Gasteiger partial charge in [0, 0.05) is 5.56 Å². The van der Waals surface area contributed by atoms with Crippen LogP contribution in [0.3, 0.4) is 0 Å². The first-order chi connectivity index (χ1) is 8.96. The molecule has 1 atom stereocenters. The van der Waals surface area contributed by atoms with Gasteiger partial charge in [0.25, 0.3) is 0 Å². The third kappa shape index (κ3) is 2.30. The predicted octanol–water partition coefficient (Wildman–Crippen LogP) is 3.28. The van der Waals surface area contributed by atoms with Crippen LogP contribution in [0.15, 0.2) is 24.4 Å². The molecule has 1 aliphatic carbocycles. The third-order valence-corrected chi connectivity index (χ3v) is 4.04. The molecule has 19 heavy (non-hydrogen) atoms. The minimum Gasteiger partial charge on any atom is -0.340 e. The van der Waals surface area contributed by atoms with Gasteiger partial charge in [0.2, 0.25) is 0 Å². The quantitative estimate of drug-likeness (QED) is 0.884. The number of hydrogen-bond donors (Lipinski definition) is 2. The minimum atomic E-state index is -0.322. The zero-order valence-corrected chi connectivity index (χ0v) is 11.8. The van der Waals surface area contributed by atoms with Gasteiger partial charge < -0.3 is 10.7 Å². The molecule has 1 aromatic carbocycles. The van der Waals surface area contributed by atoms with Gasteiger partial charge in [0.15, 0.2) is 0 Å². The topological polar surface area (TPSA) is 54.7 Å². The summed E-state index contributed by atoms with van der Waals surface area (Å²) < 4.78 is 0. The molecule has 3 nitrogen and oxygen atoms in total. The van der Waals surface area contributed by atoms with Crippen molar-refractivity contribution in [3.05, 3.63) is 41.3 Å². The van der Waals surface area contributed by atoms with E-state index < -0.39 is 0 Å². The fourth-order valence-electron chi connectivity index (χ4n) is 2.75. The smallest absolute Gasteiger partial charge is 0.126 e. The highest BCUT2D eigenvalue weighted by Crippen LogP contribution is 2.43. The Morgan fingerprint density at radius 2 is 1.84 bits per heavy atom. The van der Waals surface area contributed by atoms with Crippen LogP contribution in [0.25, 0.3) is 11.3 Å². The van der Waals surface area contributed by atoms with E-state index in [2.05, 4.69) is 48.9 Å². The fourth-order valence-corrected chi connectivity index (χ4v) is 2.75. The summed E-state index contributed by atoms with van der Waals surface area (Å²) in [5.41, 5.74) is 10.9. The van der Waals surface area contributed by atoms with Crippen LogP contribution in [0.1, 0.15) is 36.7 Å². The molecule has 3 heteroatoms. The Balaban J connectivity index is 1.96. The summed E-state index contributed by atoms with van der Waals surface area (Å²) >= 11 is 0. The van der Waals surface area contributed by atoms with Gasteiger partial charge in [0.1, 0.15) is 5.82 Å². The molecule has 3 rings (SSSR count). The molecule has 1 heterocycles. The van der Waals surface area contributed by atoms with Gasteiger partial charge in [-0.2, -0.15) is 0 Å². The molecule has 100 valence electrons. The first kappa shape index (κ1) is 12.4. The zero-order valence-electron chi connectivity index (χ0n) is 11.8. The summed E-state index contributed by atoms with van der Waals surface area (Å²) in [5, 5.41) is 0. The van der Waals surface area contributed by atoms with E-state index in [0.29, 0.717) is 5.92 Å². The molecule has 1 unspecified atom stereocenters. The first-order valence-electron chi connectivity index (χ1n) is 6.90. The number of H-pyrrole nitrogens is 1. The van der Waals surface area contributed by atoms with Gasteiger partial charge >= 0.3 is 0 Å². The maximum Gasteiger partial charge on any atom is 0.126 e. The lowest BCUT2D eigenvalue weighted by molar-refractivity contribution is 0.404. The Morgan fingerprint density at radius 3 is 2.42 bits per heavy atom. The van der Waals surface area contributed by atoms with E-state index in [1.165, 1.54) is 29.5 Å². The SMILES string of the molecule is Cc1cc(C)cc(-c2cnc(C(C)(N)C3CC3)[nH]2)c1. The van der Waals surface area contributed by atoms with Gasteiger partial charge in [-0.05, 0) is 51.7 Å². The van der Waals surface area contributed by atoms with E-state index in [1.807, 2.05) is 6.20 Å². The second-order valence-electron chi connectivity index (χ2n) is 6.08. The minimum absolute atomic E-state index is 0.322. The molecule has 1 fully saturated rings. The van der Waals surface area contributed by atoms with Crippen LogP contribution >= 0.6 is 0 Å². The van der Waals surface area contributed by atoms with E-state index in [1.54, 1.807) is 0 Å². The average molecular weight is 255 g/mol. The first-order valence-corrected chi connectivity index (χ1v) is 6.90. The zero-order chi connectivity index (χ0) is 13.6. The predicted molar refractivity (Wildman–Crippen MR) is 77.8 cm³/mol. The standard InChI is InChI=1S/C16H21N3/c1-10-6-11(2)8-12(7-10)14-9-18-15(19-14)16(3,17)13-4-5-13/h6-9,13H,4-5,17H2,1-3H3,(H,18,19). The molecule has 2 aromatic rings. The van der Waals surface area contributed by atoms with Gasteiger partial charge in [-0.1, -0.05) is 17.2 Å². The van der Waals surface area contributed by atoms with Crippen molar-refractivity contribution in [1.29, 1.82) is 0 Å². The Morgan fingerprint density at radius 1 is 1.21 bits per heavy atom. The monoisotopic (exact) mass is 255 g/mol. The molecular weight excluding hydrogens is 234 g/mol. The normalized spacial score (nSPS) is 18.3. The number of rotatable bonds is 3. The second kappa shape index (κ2) is 4.20. The number of benzene rings is 1. The van der Waals surface area contributed by atoms with Crippen LogP contribution in [0, 0.1) is 19.8 Å². The van der Waals surface area contributed by atoms with E-state index >= 15 is 0 Å². The van der Waals surface area contributed by atoms with Crippen LogP contribution in [-0.2, 0) is 5.54 Å². The van der Waals surface area contributed by atoms with Crippen LogP contribution in [0.5, 0.6) is 0 Å². The number of imidazole rings is 1. The summed E-state index contributed by atoms with van der Waals surface area (Å²) in [6.07, 6.45) is 4.33. The number of aromatic nitrogens is 2. The molecule has 3 N–H and O–H groups in total. The number of nitrogens with two attached hydrogens (primary N) is 1. The van der Waals surface area contributed by atoms with Crippen molar-refractivity contribution in [3.8, 4) is 11.3 Å². The largest absolute Gasteiger partial charge is 0.340 e. The summed E-state index contributed by atoms with van der Waals surface area (Å²) in [4.78, 5) is 7.91. The molecule has 1 saturated carbocycles. The summed E-state index contributed by atoms with van der Waals surface area (Å²) in [5.74, 6) is 1.48. The van der Waals surface area contributed by atoms with Gasteiger partial charge in [-0.15, -0.1) is 0 Å². The van der Waals surface area contributed by atoms with Crippen molar-refractivity contribution in [3.63, 3.8) is 0 Å². The lowest BCUT2D eigenvalue weighted by Crippen LogP contribution is -2.36. The van der Waals surface area contributed by atoms with E-state index in [4.69, 9.17) is 5.73 Å². The molecule has 0 radical (unpaired) electrons. The van der Waals surface area contributed by atoms with Gasteiger partial charge in [0.05, 0.1) is 17.4 Å². The molecule has 1 aromatic heterocycles. The highest BCUT2D eigenvalue weighted by atomic mass is 15.0. The highest BCUT2D eigenvalue weighted by Gasteiger charge is 2.41. The number of hydrogen-bond acceptors (Lipinski definition) is 2. The number of aryl methyl sites for hydroxylation is 2. The van der Waals surface area contributed by atoms with Gasteiger partial charge in [-0.25, -0.2) is 4.98 Å². The lowest BCUT2D eigenvalue weighted by Gasteiger charge is -2.21. The summed E-state index contributed by atoms with van der Waals surface area (Å²) in [6, 6.07) is 6.53. The summed E-state index contributed by atoms with van der Waals surface area (Å²) in [7, 11) is 0. The maximum absolute atomic E-state index is 6.40. The Kier molecular flexibility index (Phi) is 2.75. The van der Waals surface area contributed by atoms with Crippen LogP contribution in [0.4, 0.5) is 0 Å². The Hall–Kier alpha value is -1.61. The van der Waals surface area contributed by atoms with Crippen molar-refractivity contribution >= 4 is 0 Å². The number of aromatic amines is 1. The second-order valence-corrected chi connectivity index (χ2v) is 6.08. The number of nitrogens with zero attached hydrogens (tertiary/aromatic N) is 1. The molecule has 0 saturated heterocycles. The fraction of sp³-hybridized carbons (Fsp3) is 0.438. The van der Waals surface area contributed by atoms with Crippen molar-refractivity contribution in [2.24, 2.45) is 11.7 Å². The van der Waals surface area contributed by atoms with Crippen molar-refractivity contribution < 1.29 is 0 Å².